The Bertz CT molecular complexity index is 294. The van der Waals surface area contributed by atoms with Crippen molar-refractivity contribution in [2.24, 2.45) is 0 Å². The van der Waals surface area contributed by atoms with Crippen molar-refractivity contribution in [2.75, 3.05) is 39.4 Å². The molecule has 94 valence electrons. The third kappa shape index (κ3) is 4.86. The number of nitrogens with zero attached hydrogens (tertiary/aromatic N) is 1. The Labute approximate surface area is 104 Å². The highest BCUT2D eigenvalue weighted by molar-refractivity contribution is 5.14. The van der Waals surface area contributed by atoms with Crippen molar-refractivity contribution in [2.45, 2.75) is 13.0 Å². The van der Waals surface area contributed by atoms with Crippen LogP contribution >= 0.6 is 0 Å². The second-order valence-corrected chi connectivity index (χ2v) is 4.47. The van der Waals surface area contributed by atoms with E-state index in [-0.39, 0.29) is 0 Å². The van der Waals surface area contributed by atoms with Crippen molar-refractivity contribution in [1.29, 1.82) is 0 Å². The summed E-state index contributed by atoms with van der Waals surface area (Å²) in [5.41, 5.74) is 1.35. The van der Waals surface area contributed by atoms with Gasteiger partial charge in [-0.1, -0.05) is 30.3 Å². The third-order valence-electron chi connectivity index (χ3n) is 3.09. The molecule has 0 radical (unpaired) electrons. The Morgan fingerprint density at radius 2 is 2.00 bits per heavy atom. The molecule has 0 atom stereocenters. The smallest absolute Gasteiger partial charge is 0.0593 e. The van der Waals surface area contributed by atoms with Crippen LogP contribution in [0, 0.1) is 0 Å². The average Bonchev–Trinajstić information content (AvgIpc) is 2.65. The molecule has 0 amide bonds. The van der Waals surface area contributed by atoms with Crippen molar-refractivity contribution < 1.29 is 4.74 Å². The Hall–Kier alpha value is -0.900. The van der Waals surface area contributed by atoms with E-state index in [0.717, 1.165) is 39.4 Å². The zero-order valence-electron chi connectivity index (χ0n) is 10.4. The van der Waals surface area contributed by atoms with Crippen molar-refractivity contribution >= 4 is 0 Å². The van der Waals surface area contributed by atoms with Crippen LogP contribution in [0.25, 0.3) is 0 Å². The number of benzene rings is 1. The van der Waals surface area contributed by atoms with Gasteiger partial charge in [-0.25, -0.2) is 0 Å². The van der Waals surface area contributed by atoms with E-state index in [1.807, 2.05) is 0 Å². The molecule has 0 aromatic heterocycles. The highest BCUT2D eigenvalue weighted by atomic mass is 16.5. The maximum Gasteiger partial charge on any atom is 0.0593 e. The van der Waals surface area contributed by atoms with Crippen LogP contribution in [0.2, 0.25) is 0 Å². The van der Waals surface area contributed by atoms with Crippen molar-refractivity contribution in [1.82, 2.24) is 10.2 Å². The first-order valence-electron chi connectivity index (χ1n) is 6.50. The van der Waals surface area contributed by atoms with Gasteiger partial charge in [0.25, 0.3) is 0 Å². The van der Waals surface area contributed by atoms with E-state index in [0.29, 0.717) is 0 Å². The summed E-state index contributed by atoms with van der Waals surface area (Å²) in [5.74, 6) is 0. The molecule has 0 spiro atoms. The molecule has 2 rings (SSSR count). The van der Waals surface area contributed by atoms with Crippen LogP contribution in [0.1, 0.15) is 12.0 Å². The maximum absolute atomic E-state index is 5.44. The van der Waals surface area contributed by atoms with E-state index in [1.165, 1.54) is 18.5 Å². The van der Waals surface area contributed by atoms with Gasteiger partial charge in [0, 0.05) is 39.3 Å². The summed E-state index contributed by atoms with van der Waals surface area (Å²) >= 11 is 0. The molecule has 1 aliphatic rings. The predicted octanol–water partition coefficient (Wildman–Crippen LogP) is 1.50. The van der Waals surface area contributed by atoms with Crippen LogP contribution < -0.4 is 5.32 Å². The molecule has 1 heterocycles. The summed E-state index contributed by atoms with van der Waals surface area (Å²) in [6.45, 7) is 7.20. The van der Waals surface area contributed by atoms with Gasteiger partial charge in [0.15, 0.2) is 0 Å². The van der Waals surface area contributed by atoms with Gasteiger partial charge >= 0.3 is 0 Å². The van der Waals surface area contributed by atoms with E-state index in [4.69, 9.17) is 4.74 Å². The van der Waals surface area contributed by atoms with Gasteiger partial charge in [-0.05, 0) is 12.0 Å². The van der Waals surface area contributed by atoms with E-state index in [2.05, 4.69) is 40.5 Å². The molecule has 1 N–H and O–H groups in total. The molecule has 17 heavy (non-hydrogen) atoms. The number of nitrogens with one attached hydrogen (secondary N) is 1. The van der Waals surface area contributed by atoms with Gasteiger partial charge in [-0.2, -0.15) is 0 Å². The first-order chi connectivity index (χ1) is 8.45. The average molecular weight is 234 g/mol. The van der Waals surface area contributed by atoms with Crippen LogP contribution in [0.5, 0.6) is 0 Å². The fourth-order valence-electron chi connectivity index (χ4n) is 2.09. The minimum Gasteiger partial charge on any atom is -0.380 e. The van der Waals surface area contributed by atoms with Gasteiger partial charge in [0.2, 0.25) is 0 Å². The monoisotopic (exact) mass is 234 g/mol. The van der Waals surface area contributed by atoms with E-state index < -0.39 is 0 Å². The molecule has 3 heteroatoms. The quantitative estimate of drug-likeness (QED) is 0.781. The lowest BCUT2D eigenvalue weighted by molar-refractivity contribution is 0.141. The Morgan fingerprint density at radius 3 is 2.88 bits per heavy atom. The number of rotatable bonds is 5. The topological polar surface area (TPSA) is 24.5 Å². The van der Waals surface area contributed by atoms with E-state index in [9.17, 15) is 0 Å². The van der Waals surface area contributed by atoms with Crippen molar-refractivity contribution in [3.63, 3.8) is 0 Å². The molecule has 1 saturated heterocycles. The first-order valence-corrected chi connectivity index (χ1v) is 6.50. The molecule has 0 unspecified atom stereocenters. The summed E-state index contributed by atoms with van der Waals surface area (Å²) in [5, 5.41) is 3.49. The van der Waals surface area contributed by atoms with Crippen molar-refractivity contribution in [3.05, 3.63) is 35.9 Å². The Balaban J connectivity index is 1.59. The minimum absolute atomic E-state index is 0.888. The molecular weight excluding hydrogens is 212 g/mol. The highest BCUT2D eigenvalue weighted by Gasteiger charge is 2.07. The lowest BCUT2D eigenvalue weighted by atomic mass is 10.2. The number of hydrogen-bond donors (Lipinski definition) is 1. The lowest BCUT2D eigenvalue weighted by Crippen LogP contribution is -2.33. The zero-order chi connectivity index (χ0) is 11.8. The van der Waals surface area contributed by atoms with Gasteiger partial charge in [0.1, 0.15) is 0 Å². The molecule has 3 nitrogen and oxygen atoms in total. The molecule has 1 fully saturated rings. The highest BCUT2D eigenvalue weighted by Crippen LogP contribution is 1.99. The fourth-order valence-corrected chi connectivity index (χ4v) is 2.09. The lowest BCUT2D eigenvalue weighted by Gasteiger charge is -2.19. The SMILES string of the molecule is c1ccc(CNCCN2CCCOCC2)cc1. The molecule has 1 aromatic carbocycles. The van der Waals surface area contributed by atoms with Crippen LogP contribution in [0.4, 0.5) is 0 Å². The number of hydrogen-bond acceptors (Lipinski definition) is 3. The van der Waals surface area contributed by atoms with Gasteiger partial charge in [0.05, 0.1) is 6.61 Å². The molecule has 0 aliphatic carbocycles. The maximum atomic E-state index is 5.44. The van der Waals surface area contributed by atoms with Gasteiger partial charge < -0.3 is 10.1 Å². The van der Waals surface area contributed by atoms with Crippen LogP contribution in [0.15, 0.2) is 30.3 Å². The largest absolute Gasteiger partial charge is 0.380 e. The fraction of sp³-hybridized carbons (Fsp3) is 0.571. The second-order valence-electron chi connectivity index (χ2n) is 4.47. The first kappa shape index (κ1) is 12.6. The summed E-state index contributed by atoms with van der Waals surface area (Å²) in [6, 6.07) is 10.5. The van der Waals surface area contributed by atoms with Crippen molar-refractivity contribution in [3.8, 4) is 0 Å². The minimum atomic E-state index is 0.888. The summed E-state index contributed by atoms with van der Waals surface area (Å²) < 4.78 is 5.44. The zero-order valence-corrected chi connectivity index (χ0v) is 10.4. The molecule has 1 aliphatic heterocycles. The van der Waals surface area contributed by atoms with E-state index >= 15 is 0 Å². The van der Waals surface area contributed by atoms with Crippen LogP contribution in [-0.2, 0) is 11.3 Å². The normalized spacial score (nSPS) is 17.9. The molecule has 0 saturated carbocycles. The Morgan fingerprint density at radius 1 is 1.12 bits per heavy atom. The summed E-state index contributed by atoms with van der Waals surface area (Å²) in [7, 11) is 0. The molecule has 0 bridgehead atoms. The second kappa shape index (κ2) is 7.43. The van der Waals surface area contributed by atoms with Gasteiger partial charge in [-0.15, -0.1) is 0 Å². The molecular formula is C14H22N2O. The third-order valence-corrected chi connectivity index (χ3v) is 3.09. The van der Waals surface area contributed by atoms with E-state index in [1.54, 1.807) is 0 Å². The predicted molar refractivity (Wildman–Crippen MR) is 70.0 cm³/mol. The van der Waals surface area contributed by atoms with Gasteiger partial charge in [-0.3, -0.25) is 4.90 Å². The molecule has 1 aromatic rings. The van der Waals surface area contributed by atoms with Crippen LogP contribution in [0.3, 0.4) is 0 Å². The number of ether oxygens (including phenoxy) is 1. The summed E-state index contributed by atoms with van der Waals surface area (Å²) in [6.07, 6.45) is 1.17. The Kier molecular flexibility index (Phi) is 5.49. The van der Waals surface area contributed by atoms with Crippen LogP contribution in [-0.4, -0.2) is 44.3 Å². The standard InChI is InChI=1S/C14H22N2O/c1-2-5-14(6-3-1)13-15-7-9-16-8-4-11-17-12-10-16/h1-3,5-6,15H,4,7-13H2. The summed E-state index contributed by atoms with van der Waals surface area (Å²) in [4.78, 5) is 2.48.